The average molecular weight is 534 g/mol. The van der Waals surface area contributed by atoms with Crippen LogP contribution < -0.4 is 14.9 Å². The summed E-state index contributed by atoms with van der Waals surface area (Å²) >= 11 is 0. The van der Waals surface area contributed by atoms with Gasteiger partial charge in [0.2, 0.25) is 0 Å². The molecule has 196 valence electrons. The number of aliphatic carboxylic acids is 1. The quantitative estimate of drug-likeness (QED) is 0.397. The first kappa shape index (κ1) is 26.8. The Balaban J connectivity index is 1.34. The first-order valence-corrected chi connectivity index (χ1v) is 13.3. The number of anilines is 2. The van der Waals surface area contributed by atoms with Crippen molar-refractivity contribution in [2.24, 2.45) is 0 Å². The van der Waals surface area contributed by atoms with Crippen LogP contribution in [0.4, 0.5) is 11.4 Å². The van der Waals surface area contributed by atoms with Gasteiger partial charge in [-0.1, -0.05) is 17.9 Å². The molecule has 0 unspecified atom stereocenters. The average Bonchev–Trinajstić information content (AvgIpc) is 2.93. The van der Waals surface area contributed by atoms with Crippen LogP contribution >= 0.6 is 0 Å². The highest BCUT2D eigenvalue weighted by atomic mass is 32.2. The monoisotopic (exact) mass is 533 g/mol. The molecule has 0 aliphatic carbocycles. The Bertz CT molecular complexity index is 1460. The molecular weight excluding hydrogens is 506 g/mol. The second-order valence-electron chi connectivity index (χ2n) is 8.64. The van der Waals surface area contributed by atoms with Crippen LogP contribution in [0.15, 0.2) is 73.1 Å². The fourth-order valence-electron chi connectivity index (χ4n) is 3.82. The topological polar surface area (TPSA) is 132 Å². The molecule has 10 nitrogen and oxygen atoms in total. The van der Waals surface area contributed by atoms with Crippen molar-refractivity contribution in [2.75, 3.05) is 36.4 Å². The van der Waals surface area contributed by atoms with E-state index < -0.39 is 22.2 Å². The Morgan fingerprint density at radius 3 is 2.26 bits per heavy atom. The molecule has 1 atom stereocenters. The number of carboxylic acid groups (broad SMARTS) is 1. The lowest BCUT2D eigenvalue weighted by atomic mass is 10.1. The van der Waals surface area contributed by atoms with Crippen molar-refractivity contribution in [2.45, 2.75) is 13.0 Å². The fraction of sp³-hybridized carbons (Fsp3) is 0.222. The zero-order chi connectivity index (χ0) is 27.1. The Labute approximate surface area is 221 Å². The summed E-state index contributed by atoms with van der Waals surface area (Å²) in [5, 5.41) is 11.8. The number of carbonyl (C=O) groups is 2. The van der Waals surface area contributed by atoms with Gasteiger partial charge in [0.25, 0.3) is 16.1 Å². The molecule has 0 saturated carbocycles. The van der Waals surface area contributed by atoms with Gasteiger partial charge >= 0.3 is 5.97 Å². The van der Waals surface area contributed by atoms with Crippen LogP contribution in [-0.2, 0) is 15.0 Å². The Kier molecular flexibility index (Phi) is 8.38. The molecule has 4 rings (SSSR count). The molecule has 2 aromatic carbocycles. The third kappa shape index (κ3) is 6.95. The summed E-state index contributed by atoms with van der Waals surface area (Å²) in [4.78, 5) is 29.3. The summed E-state index contributed by atoms with van der Waals surface area (Å²) in [6.45, 7) is 2.74. The van der Waals surface area contributed by atoms with E-state index in [0.717, 1.165) is 16.8 Å². The van der Waals surface area contributed by atoms with Crippen LogP contribution in [0.25, 0.3) is 0 Å². The Morgan fingerprint density at radius 1 is 0.947 bits per heavy atom. The number of hydrogen-bond donors (Lipinski definition) is 3. The standard InChI is InChI=1S/C27H27N5O5S/c1-20(27(34)35)30-38(36,37)32-17-15-31(16-18-32)25-9-7-21(8-10-25)5-6-22-3-2-4-24(19-22)29-26(33)23-11-13-28-14-12-23/h2-4,7-14,19-20,30H,15-18H2,1H3,(H,29,33)(H,34,35)/t20-/m1/s1. The minimum atomic E-state index is -3.87. The molecule has 0 radical (unpaired) electrons. The van der Waals surface area contributed by atoms with E-state index in [9.17, 15) is 18.0 Å². The molecule has 0 bridgehead atoms. The zero-order valence-corrected chi connectivity index (χ0v) is 21.5. The number of nitrogens with zero attached hydrogens (tertiary/aromatic N) is 3. The molecule has 11 heteroatoms. The molecule has 1 aliphatic heterocycles. The van der Waals surface area contributed by atoms with Crippen LogP contribution in [0.1, 0.15) is 28.4 Å². The minimum Gasteiger partial charge on any atom is -0.480 e. The Morgan fingerprint density at radius 2 is 1.61 bits per heavy atom. The van der Waals surface area contributed by atoms with Crippen molar-refractivity contribution in [3.63, 3.8) is 0 Å². The van der Waals surface area contributed by atoms with Crippen molar-refractivity contribution >= 4 is 33.5 Å². The number of aromatic nitrogens is 1. The number of carboxylic acids is 1. The predicted molar refractivity (Wildman–Crippen MR) is 144 cm³/mol. The number of piperazine rings is 1. The molecule has 38 heavy (non-hydrogen) atoms. The number of pyridine rings is 1. The van der Waals surface area contributed by atoms with Crippen molar-refractivity contribution in [1.29, 1.82) is 0 Å². The molecule has 1 fully saturated rings. The van der Waals surface area contributed by atoms with E-state index in [1.807, 2.05) is 36.4 Å². The number of amides is 1. The lowest BCUT2D eigenvalue weighted by Gasteiger charge is -2.35. The van der Waals surface area contributed by atoms with Gasteiger partial charge in [-0.3, -0.25) is 14.6 Å². The van der Waals surface area contributed by atoms with E-state index in [1.54, 1.807) is 36.7 Å². The third-order valence-electron chi connectivity index (χ3n) is 5.92. The van der Waals surface area contributed by atoms with E-state index in [4.69, 9.17) is 5.11 Å². The van der Waals surface area contributed by atoms with Gasteiger partial charge in [0.05, 0.1) is 0 Å². The molecule has 1 amide bonds. The summed E-state index contributed by atoms with van der Waals surface area (Å²) in [5.41, 5.74) is 3.67. The smallest absolute Gasteiger partial charge is 0.321 e. The summed E-state index contributed by atoms with van der Waals surface area (Å²) in [5.74, 6) is 4.79. The van der Waals surface area contributed by atoms with Gasteiger partial charge in [-0.25, -0.2) is 0 Å². The van der Waals surface area contributed by atoms with Crippen LogP contribution in [0.5, 0.6) is 0 Å². The van der Waals surface area contributed by atoms with Crippen LogP contribution in [0, 0.1) is 11.8 Å². The van der Waals surface area contributed by atoms with E-state index in [1.165, 1.54) is 11.2 Å². The van der Waals surface area contributed by atoms with E-state index in [0.29, 0.717) is 24.3 Å². The van der Waals surface area contributed by atoms with E-state index in [-0.39, 0.29) is 19.0 Å². The van der Waals surface area contributed by atoms with Gasteiger partial charge in [-0.15, -0.1) is 0 Å². The maximum Gasteiger partial charge on any atom is 0.321 e. The van der Waals surface area contributed by atoms with Crippen LogP contribution in [0.2, 0.25) is 0 Å². The normalized spacial score (nSPS) is 14.7. The van der Waals surface area contributed by atoms with Crippen molar-refractivity contribution in [3.05, 3.63) is 89.7 Å². The summed E-state index contributed by atoms with van der Waals surface area (Å²) in [6, 6.07) is 17.1. The Hall–Kier alpha value is -4.24. The van der Waals surface area contributed by atoms with E-state index >= 15 is 0 Å². The number of carbonyl (C=O) groups excluding carboxylic acids is 1. The van der Waals surface area contributed by atoms with Crippen LogP contribution in [-0.4, -0.2) is 66.9 Å². The van der Waals surface area contributed by atoms with Gasteiger partial charge in [0, 0.05) is 66.6 Å². The largest absolute Gasteiger partial charge is 0.480 e. The van der Waals surface area contributed by atoms with Gasteiger partial charge in [-0.05, 0) is 61.5 Å². The maximum absolute atomic E-state index is 12.4. The summed E-state index contributed by atoms with van der Waals surface area (Å²) in [6.07, 6.45) is 3.13. The van der Waals surface area contributed by atoms with Gasteiger partial charge < -0.3 is 15.3 Å². The minimum absolute atomic E-state index is 0.224. The third-order valence-corrected chi connectivity index (χ3v) is 7.62. The summed E-state index contributed by atoms with van der Waals surface area (Å²) < 4.78 is 28.3. The number of benzene rings is 2. The van der Waals surface area contributed by atoms with Crippen LogP contribution in [0.3, 0.4) is 0 Å². The molecule has 1 aromatic heterocycles. The lowest BCUT2D eigenvalue weighted by molar-refractivity contribution is -0.138. The zero-order valence-electron chi connectivity index (χ0n) is 20.7. The first-order valence-electron chi connectivity index (χ1n) is 11.9. The number of nitrogens with one attached hydrogen (secondary N) is 2. The molecular formula is C27H27N5O5S. The van der Waals surface area contributed by atoms with E-state index in [2.05, 4.69) is 31.8 Å². The highest BCUT2D eigenvalue weighted by molar-refractivity contribution is 7.87. The highest BCUT2D eigenvalue weighted by Gasteiger charge is 2.29. The fourth-order valence-corrected chi connectivity index (χ4v) is 5.16. The highest BCUT2D eigenvalue weighted by Crippen LogP contribution is 2.18. The second-order valence-corrected chi connectivity index (χ2v) is 10.3. The van der Waals surface area contributed by atoms with Gasteiger partial charge in [0.15, 0.2) is 0 Å². The molecule has 1 saturated heterocycles. The number of rotatable bonds is 7. The predicted octanol–water partition coefficient (Wildman–Crippen LogP) is 2.16. The molecule has 0 spiro atoms. The molecule has 3 N–H and O–H groups in total. The number of hydrogen-bond acceptors (Lipinski definition) is 6. The second kappa shape index (κ2) is 11.9. The SMILES string of the molecule is C[C@@H](NS(=O)(=O)N1CCN(c2ccc(C#Cc3cccc(NC(=O)c4ccncc4)c3)cc2)CC1)C(=O)O. The molecule has 3 aromatic rings. The van der Waals surface area contributed by atoms with Crippen molar-refractivity contribution in [1.82, 2.24) is 14.0 Å². The lowest BCUT2D eigenvalue weighted by Crippen LogP contribution is -2.54. The van der Waals surface area contributed by atoms with Crippen molar-refractivity contribution in [3.8, 4) is 11.8 Å². The van der Waals surface area contributed by atoms with Gasteiger partial charge in [-0.2, -0.15) is 17.4 Å². The molecule has 2 heterocycles. The molecule has 1 aliphatic rings. The van der Waals surface area contributed by atoms with Gasteiger partial charge in [0.1, 0.15) is 6.04 Å². The maximum atomic E-state index is 12.4. The summed E-state index contributed by atoms with van der Waals surface area (Å²) in [7, 11) is -3.87. The first-order chi connectivity index (χ1) is 18.2. The van der Waals surface area contributed by atoms with Crippen molar-refractivity contribution < 1.29 is 23.1 Å².